The first-order valence-electron chi connectivity index (χ1n) is 6.77. The normalized spacial score (nSPS) is 11.8. The number of rotatable bonds is 5. The fourth-order valence-corrected chi connectivity index (χ4v) is 2.05. The molecule has 0 saturated heterocycles. The van der Waals surface area contributed by atoms with E-state index < -0.39 is 6.10 Å². The SMILES string of the molecule is CC(Oc1ccccc1)C(=O)N(C)Cc1cccc(F)c1. The summed E-state index contributed by atoms with van der Waals surface area (Å²) in [6.07, 6.45) is -0.592. The predicted octanol–water partition coefficient (Wildman–Crippen LogP) is 3.25. The Bertz CT molecular complexity index is 601. The Hall–Kier alpha value is -2.36. The molecular formula is C17H18FNO2. The highest BCUT2D eigenvalue weighted by molar-refractivity contribution is 5.80. The maximum atomic E-state index is 13.1. The minimum Gasteiger partial charge on any atom is -0.481 e. The summed E-state index contributed by atoms with van der Waals surface area (Å²) in [6, 6.07) is 15.4. The monoisotopic (exact) mass is 287 g/mol. The van der Waals surface area contributed by atoms with Gasteiger partial charge in [-0.2, -0.15) is 0 Å². The summed E-state index contributed by atoms with van der Waals surface area (Å²) < 4.78 is 18.7. The van der Waals surface area contributed by atoms with Crippen LogP contribution >= 0.6 is 0 Å². The molecule has 0 N–H and O–H groups in total. The first-order valence-corrected chi connectivity index (χ1v) is 6.77. The van der Waals surface area contributed by atoms with Crippen LogP contribution in [0.25, 0.3) is 0 Å². The molecule has 0 aliphatic heterocycles. The van der Waals surface area contributed by atoms with Gasteiger partial charge in [0.25, 0.3) is 5.91 Å². The van der Waals surface area contributed by atoms with Gasteiger partial charge in [0.05, 0.1) is 0 Å². The van der Waals surface area contributed by atoms with E-state index in [1.807, 2.05) is 18.2 Å². The molecule has 0 heterocycles. The molecule has 0 saturated carbocycles. The van der Waals surface area contributed by atoms with E-state index >= 15 is 0 Å². The first kappa shape index (κ1) is 15.0. The largest absolute Gasteiger partial charge is 0.481 e. The molecule has 110 valence electrons. The number of hydrogen-bond acceptors (Lipinski definition) is 2. The lowest BCUT2D eigenvalue weighted by atomic mass is 10.2. The highest BCUT2D eigenvalue weighted by Crippen LogP contribution is 2.13. The number of hydrogen-bond donors (Lipinski definition) is 0. The van der Waals surface area contributed by atoms with Crippen molar-refractivity contribution in [2.75, 3.05) is 7.05 Å². The molecular weight excluding hydrogens is 269 g/mol. The van der Waals surface area contributed by atoms with Crippen molar-refractivity contribution in [1.29, 1.82) is 0 Å². The van der Waals surface area contributed by atoms with Crippen molar-refractivity contribution in [2.45, 2.75) is 19.6 Å². The number of amides is 1. The number of nitrogens with zero attached hydrogens (tertiary/aromatic N) is 1. The van der Waals surface area contributed by atoms with Crippen LogP contribution in [0.5, 0.6) is 5.75 Å². The molecule has 0 spiro atoms. The summed E-state index contributed by atoms with van der Waals surface area (Å²) in [5.41, 5.74) is 0.748. The molecule has 2 rings (SSSR count). The minimum absolute atomic E-state index is 0.150. The standard InChI is InChI=1S/C17H18FNO2/c1-13(21-16-9-4-3-5-10-16)17(20)19(2)12-14-7-6-8-15(18)11-14/h3-11,13H,12H2,1-2H3. The zero-order chi connectivity index (χ0) is 15.2. The third-order valence-electron chi connectivity index (χ3n) is 3.09. The van der Waals surface area contributed by atoms with Crippen LogP contribution in [0.1, 0.15) is 12.5 Å². The van der Waals surface area contributed by atoms with Gasteiger partial charge in [0.2, 0.25) is 0 Å². The molecule has 0 aromatic heterocycles. The van der Waals surface area contributed by atoms with Crippen LogP contribution in [-0.4, -0.2) is 24.0 Å². The van der Waals surface area contributed by atoms with Crippen LogP contribution in [-0.2, 0) is 11.3 Å². The van der Waals surface area contributed by atoms with Crippen molar-refractivity contribution in [3.05, 3.63) is 66.0 Å². The van der Waals surface area contributed by atoms with Gasteiger partial charge in [-0.05, 0) is 36.8 Å². The molecule has 1 atom stereocenters. The van der Waals surface area contributed by atoms with Crippen LogP contribution in [0, 0.1) is 5.82 Å². The lowest BCUT2D eigenvalue weighted by Crippen LogP contribution is -2.37. The Morgan fingerprint density at radius 3 is 2.57 bits per heavy atom. The van der Waals surface area contributed by atoms with E-state index in [-0.39, 0.29) is 11.7 Å². The first-order chi connectivity index (χ1) is 10.1. The number of halogens is 1. The number of benzene rings is 2. The molecule has 2 aromatic rings. The lowest BCUT2D eigenvalue weighted by molar-refractivity contribution is -0.137. The van der Waals surface area contributed by atoms with Crippen molar-refractivity contribution >= 4 is 5.91 Å². The van der Waals surface area contributed by atoms with Crippen LogP contribution < -0.4 is 4.74 Å². The van der Waals surface area contributed by atoms with E-state index in [2.05, 4.69) is 0 Å². The van der Waals surface area contributed by atoms with Gasteiger partial charge in [0.1, 0.15) is 11.6 Å². The number of carbonyl (C=O) groups is 1. The number of para-hydroxylation sites is 1. The summed E-state index contributed by atoms with van der Waals surface area (Å²) in [4.78, 5) is 13.8. The van der Waals surface area contributed by atoms with E-state index in [1.165, 1.54) is 17.0 Å². The third-order valence-corrected chi connectivity index (χ3v) is 3.09. The summed E-state index contributed by atoms with van der Waals surface area (Å²) >= 11 is 0. The molecule has 3 nitrogen and oxygen atoms in total. The van der Waals surface area contributed by atoms with Crippen molar-refractivity contribution in [3.63, 3.8) is 0 Å². The molecule has 0 aliphatic rings. The van der Waals surface area contributed by atoms with Crippen molar-refractivity contribution in [2.24, 2.45) is 0 Å². The van der Waals surface area contributed by atoms with Gasteiger partial charge in [0.15, 0.2) is 6.10 Å². The Morgan fingerprint density at radius 2 is 1.90 bits per heavy atom. The summed E-state index contributed by atoms with van der Waals surface area (Å²) in [7, 11) is 1.68. The fourth-order valence-electron chi connectivity index (χ4n) is 2.05. The smallest absolute Gasteiger partial charge is 0.263 e. The van der Waals surface area contributed by atoms with E-state index in [1.54, 1.807) is 38.2 Å². The van der Waals surface area contributed by atoms with E-state index in [4.69, 9.17) is 4.74 Å². The van der Waals surface area contributed by atoms with Crippen LogP contribution in [0.15, 0.2) is 54.6 Å². The molecule has 1 amide bonds. The molecule has 2 aromatic carbocycles. The number of carbonyl (C=O) groups excluding carboxylic acids is 1. The maximum absolute atomic E-state index is 13.1. The van der Waals surface area contributed by atoms with Crippen LogP contribution in [0.4, 0.5) is 4.39 Å². The maximum Gasteiger partial charge on any atom is 0.263 e. The minimum atomic E-state index is -0.592. The van der Waals surface area contributed by atoms with Gasteiger partial charge in [-0.25, -0.2) is 4.39 Å². The average molecular weight is 287 g/mol. The van der Waals surface area contributed by atoms with Crippen molar-refractivity contribution in [1.82, 2.24) is 4.90 Å². The molecule has 0 aliphatic carbocycles. The summed E-state index contributed by atoms with van der Waals surface area (Å²) in [5.74, 6) is 0.197. The van der Waals surface area contributed by atoms with Gasteiger partial charge in [-0.15, -0.1) is 0 Å². The van der Waals surface area contributed by atoms with Crippen LogP contribution in [0.3, 0.4) is 0 Å². The van der Waals surface area contributed by atoms with Gasteiger partial charge in [-0.3, -0.25) is 4.79 Å². The van der Waals surface area contributed by atoms with Crippen LogP contribution in [0.2, 0.25) is 0 Å². The highest BCUT2D eigenvalue weighted by atomic mass is 19.1. The van der Waals surface area contributed by atoms with Gasteiger partial charge in [-0.1, -0.05) is 30.3 Å². The second kappa shape index (κ2) is 6.88. The molecule has 0 fully saturated rings. The predicted molar refractivity (Wildman–Crippen MR) is 79.4 cm³/mol. The average Bonchev–Trinajstić information content (AvgIpc) is 2.47. The Labute approximate surface area is 124 Å². The van der Waals surface area contributed by atoms with E-state index in [0.717, 1.165) is 5.56 Å². The Morgan fingerprint density at radius 1 is 1.19 bits per heavy atom. The third kappa shape index (κ3) is 4.31. The lowest BCUT2D eigenvalue weighted by Gasteiger charge is -2.22. The molecule has 0 radical (unpaired) electrons. The van der Waals surface area contributed by atoms with E-state index in [0.29, 0.717) is 12.3 Å². The van der Waals surface area contributed by atoms with Gasteiger partial charge >= 0.3 is 0 Å². The molecule has 4 heteroatoms. The zero-order valence-electron chi connectivity index (χ0n) is 12.1. The highest BCUT2D eigenvalue weighted by Gasteiger charge is 2.19. The Balaban J connectivity index is 1.95. The second-order valence-corrected chi connectivity index (χ2v) is 4.90. The van der Waals surface area contributed by atoms with Gasteiger partial charge in [0, 0.05) is 13.6 Å². The molecule has 21 heavy (non-hydrogen) atoms. The molecule has 0 bridgehead atoms. The second-order valence-electron chi connectivity index (χ2n) is 4.90. The fraction of sp³-hybridized carbons (Fsp3) is 0.235. The topological polar surface area (TPSA) is 29.5 Å². The van der Waals surface area contributed by atoms with Crippen molar-refractivity contribution in [3.8, 4) is 5.75 Å². The number of ether oxygens (including phenoxy) is 1. The quantitative estimate of drug-likeness (QED) is 0.845. The van der Waals surface area contributed by atoms with E-state index in [9.17, 15) is 9.18 Å². The zero-order valence-corrected chi connectivity index (χ0v) is 12.1. The summed E-state index contributed by atoms with van der Waals surface area (Å²) in [5, 5.41) is 0. The summed E-state index contributed by atoms with van der Waals surface area (Å²) in [6.45, 7) is 2.05. The van der Waals surface area contributed by atoms with Gasteiger partial charge < -0.3 is 9.64 Å². The van der Waals surface area contributed by atoms with Crippen molar-refractivity contribution < 1.29 is 13.9 Å². The molecule has 1 unspecified atom stereocenters. The number of likely N-dealkylation sites (N-methyl/N-ethyl adjacent to an activating group) is 1. The Kier molecular flexibility index (Phi) is 4.93.